The lowest BCUT2D eigenvalue weighted by Crippen LogP contribution is -2.42. The zero-order valence-electron chi connectivity index (χ0n) is 30.2. The van der Waals surface area contributed by atoms with Gasteiger partial charge in [-0.2, -0.15) is 9.97 Å². The fourth-order valence-corrected chi connectivity index (χ4v) is 6.52. The highest BCUT2D eigenvalue weighted by Crippen LogP contribution is 2.26. The molecular formula is C36H44Cl4N12O2. The van der Waals surface area contributed by atoms with Gasteiger partial charge in [0, 0.05) is 60.1 Å². The van der Waals surface area contributed by atoms with Crippen LogP contribution in [-0.4, -0.2) is 81.7 Å². The molecule has 0 radical (unpaired) electrons. The first-order chi connectivity index (χ1) is 25.9. The number of benzene rings is 2. The van der Waals surface area contributed by atoms with Crippen molar-refractivity contribution in [3.05, 3.63) is 80.0 Å². The lowest BCUT2D eigenvalue weighted by molar-refractivity contribution is 0.226. The molecule has 54 heavy (non-hydrogen) atoms. The molecule has 0 saturated carbocycles. The van der Waals surface area contributed by atoms with Gasteiger partial charge in [-0.05, 0) is 95.6 Å². The first kappa shape index (κ1) is 41.0. The molecule has 2 atom stereocenters. The maximum absolute atomic E-state index is 12.3. The Morgan fingerprint density at radius 2 is 1.22 bits per heavy atom. The van der Waals surface area contributed by atoms with Crippen molar-refractivity contribution in [2.24, 2.45) is 0 Å². The molecular weight excluding hydrogens is 774 g/mol. The first-order valence-electron chi connectivity index (χ1n) is 17.7. The molecule has 2 saturated heterocycles. The quantitative estimate of drug-likeness (QED) is 0.0868. The second kappa shape index (κ2) is 19.9. The van der Waals surface area contributed by atoms with Gasteiger partial charge in [-0.1, -0.05) is 53.3 Å². The molecule has 0 bridgehead atoms. The van der Waals surface area contributed by atoms with Gasteiger partial charge in [-0.3, -0.25) is 10.6 Å². The van der Waals surface area contributed by atoms with E-state index in [2.05, 4.69) is 69.0 Å². The number of hydrogen-bond donors (Lipinski definition) is 7. The maximum atomic E-state index is 12.3. The number of hydrogen-bond acceptors (Lipinski definition) is 10. The summed E-state index contributed by atoms with van der Waals surface area (Å²) >= 11 is 23.7. The molecule has 7 N–H and O–H groups in total. The number of carbonyl (C=O) groups excluding carboxylic acids is 2. The number of anilines is 6. The number of piperidine rings is 2. The van der Waals surface area contributed by atoms with Crippen LogP contribution in [0.5, 0.6) is 0 Å². The number of nitrogens with one attached hydrogen (secondary N) is 7. The standard InChI is InChI=1S/C19H24Cl2N6O.C17H20Cl2N6O/c1-3-27-8-4-5-14(11-27)23-17-9-12(2)22-18(25-17)26-19(28)24-13-6-7-15(20)16(21)10-13;1-10-7-15(22-12-3-2-6-20-9-12)24-16(21-10)25-17(26)23-11-4-5-13(18)14(19)8-11/h6-7,9-10,14H,3-5,8,11H2,1-2H3,(H3,22,23,24,25,26,28);4-5,7-8,12,20H,2-3,6,9H2,1H3,(H3,21,22,23,24,25,26). The Balaban J connectivity index is 0.000000208. The molecule has 0 aliphatic carbocycles. The number of rotatable bonds is 9. The summed E-state index contributed by atoms with van der Waals surface area (Å²) < 4.78 is 0. The Hall–Kier alpha value is -4.18. The van der Waals surface area contributed by atoms with Crippen molar-refractivity contribution in [2.75, 3.05) is 64.6 Å². The second-order valence-corrected chi connectivity index (χ2v) is 14.5. The van der Waals surface area contributed by atoms with Crippen LogP contribution in [0.1, 0.15) is 44.0 Å². The van der Waals surface area contributed by atoms with Crippen LogP contribution in [-0.2, 0) is 0 Å². The predicted octanol–water partition coefficient (Wildman–Crippen LogP) is 8.53. The van der Waals surface area contributed by atoms with Gasteiger partial charge >= 0.3 is 12.1 Å². The van der Waals surface area contributed by atoms with Crippen LogP contribution in [0.25, 0.3) is 0 Å². The largest absolute Gasteiger partial charge is 0.366 e. The summed E-state index contributed by atoms with van der Waals surface area (Å²) in [5.74, 6) is 1.87. The minimum absolute atomic E-state index is 0.230. The van der Waals surface area contributed by atoms with Crippen molar-refractivity contribution in [1.82, 2.24) is 30.2 Å². The molecule has 4 heterocycles. The van der Waals surface area contributed by atoms with Crippen molar-refractivity contribution in [3.63, 3.8) is 0 Å². The van der Waals surface area contributed by atoms with E-state index < -0.39 is 12.1 Å². The van der Waals surface area contributed by atoms with Crippen molar-refractivity contribution >= 4 is 93.4 Å². The number of urea groups is 2. The molecule has 14 nitrogen and oxygen atoms in total. The van der Waals surface area contributed by atoms with Gasteiger partial charge < -0.3 is 31.5 Å². The van der Waals surface area contributed by atoms with Crippen LogP contribution in [0.15, 0.2) is 48.5 Å². The van der Waals surface area contributed by atoms with Crippen molar-refractivity contribution < 1.29 is 9.59 Å². The predicted molar refractivity (Wildman–Crippen MR) is 220 cm³/mol. The average molecular weight is 819 g/mol. The highest BCUT2D eigenvalue weighted by Gasteiger charge is 2.20. The molecule has 18 heteroatoms. The number of likely N-dealkylation sites (tertiary alicyclic amines) is 1. The Kier molecular flexibility index (Phi) is 15.1. The molecule has 6 rings (SSSR count). The number of halogens is 4. The summed E-state index contributed by atoms with van der Waals surface area (Å²) in [6.07, 6.45) is 4.46. The molecule has 2 aliphatic heterocycles. The highest BCUT2D eigenvalue weighted by molar-refractivity contribution is 6.42. The average Bonchev–Trinajstić information content (AvgIpc) is 3.11. The third kappa shape index (κ3) is 13.0. The van der Waals surface area contributed by atoms with Gasteiger partial charge in [0.1, 0.15) is 11.6 Å². The highest BCUT2D eigenvalue weighted by atomic mass is 35.5. The van der Waals surface area contributed by atoms with Gasteiger partial charge in [0.25, 0.3) is 0 Å². The van der Waals surface area contributed by atoms with E-state index >= 15 is 0 Å². The van der Waals surface area contributed by atoms with Crippen LogP contribution in [0.4, 0.5) is 44.5 Å². The molecule has 2 fully saturated rings. The summed E-state index contributed by atoms with van der Waals surface area (Å²) in [6.45, 7) is 11.0. The number of aromatic nitrogens is 4. The van der Waals surface area contributed by atoms with Gasteiger partial charge in [-0.15, -0.1) is 0 Å². The number of aryl methyl sites for hydroxylation is 2. The molecule has 0 spiro atoms. The maximum Gasteiger partial charge on any atom is 0.326 e. The fraction of sp³-hybridized carbons (Fsp3) is 0.389. The van der Waals surface area contributed by atoms with E-state index in [4.69, 9.17) is 46.4 Å². The summed E-state index contributed by atoms with van der Waals surface area (Å²) in [5, 5.41) is 22.4. The lowest BCUT2D eigenvalue weighted by atomic mass is 10.1. The zero-order valence-corrected chi connectivity index (χ0v) is 33.2. The molecule has 2 aliphatic rings. The molecule has 4 amide bonds. The first-order valence-corrected chi connectivity index (χ1v) is 19.2. The van der Waals surface area contributed by atoms with E-state index in [1.54, 1.807) is 36.4 Å². The fourth-order valence-electron chi connectivity index (χ4n) is 5.93. The monoisotopic (exact) mass is 816 g/mol. The van der Waals surface area contributed by atoms with Crippen LogP contribution in [0.2, 0.25) is 20.1 Å². The number of carbonyl (C=O) groups is 2. The SMILES string of the molecule is CCN1CCCC(Nc2cc(C)nc(NC(=O)Nc3ccc(Cl)c(Cl)c3)n2)C1.Cc1cc(NC2CCCNC2)nc(NC(=O)Nc2ccc(Cl)c(Cl)c2)n1. The normalized spacial score (nSPS) is 17.0. The topological polar surface area (TPSA) is 173 Å². The summed E-state index contributed by atoms with van der Waals surface area (Å²) in [4.78, 5) is 44.2. The second-order valence-electron chi connectivity index (χ2n) is 12.9. The zero-order chi connectivity index (χ0) is 38.6. The summed E-state index contributed by atoms with van der Waals surface area (Å²) in [7, 11) is 0. The molecule has 288 valence electrons. The van der Waals surface area contributed by atoms with E-state index in [0.717, 1.165) is 69.8 Å². The van der Waals surface area contributed by atoms with Crippen LogP contribution >= 0.6 is 46.4 Å². The Bertz CT molecular complexity index is 1910. The van der Waals surface area contributed by atoms with Crippen molar-refractivity contribution in [1.29, 1.82) is 0 Å². The van der Waals surface area contributed by atoms with E-state index in [0.29, 0.717) is 55.2 Å². The summed E-state index contributed by atoms with van der Waals surface area (Å²) in [5.41, 5.74) is 2.58. The minimum atomic E-state index is -0.459. The smallest absolute Gasteiger partial charge is 0.326 e. The Morgan fingerprint density at radius 3 is 1.70 bits per heavy atom. The third-order valence-corrected chi connectivity index (χ3v) is 9.95. The molecule has 2 unspecified atom stereocenters. The van der Waals surface area contributed by atoms with Crippen LogP contribution < -0.4 is 37.2 Å². The number of amides is 4. The number of nitrogens with zero attached hydrogens (tertiary/aromatic N) is 5. The van der Waals surface area contributed by atoms with E-state index in [1.165, 1.54) is 0 Å². The molecule has 4 aromatic rings. The molecule has 2 aromatic heterocycles. The number of likely N-dealkylation sites (N-methyl/N-ethyl adjacent to an activating group) is 1. The third-order valence-electron chi connectivity index (χ3n) is 8.47. The summed E-state index contributed by atoms with van der Waals surface area (Å²) in [6, 6.07) is 13.2. The van der Waals surface area contributed by atoms with Crippen LogP contribution in [0, 0.1) is 13.8 Å². The van der Waals surface area contributed by atoms with Gasteiger partial charge in [0.2, 0.25) is 11.9 Å². The van der Waals surface area contributed by atoms with Crippen molar-refractivity contribution in [2.45, 2.75) is 58.5 Å². The van der Waals surface area contributed by atoms with Crippen LogP contribution in [0.3, 0.4) is 0 Å². The van der Waals surface area contributed by atoms with Gasteiger partial charge in [0.15, 0.2) is 0 Å². The van der Waals surface area contributed by atoms with E-state index in [1.807, 2.05) is 26.0 Å². The Morgan fingerprint density at radius 1 is 0.704 bits per heavy atom. The van der Waals surface area contributed by atoms with Gasteiger partial charge in [0.05, 0.1) is 20.1 Å². The lowest BCUT2D eigenvalue weighted by Gasteiger charge is -2.32. The Labute approximate surface area is 334 Å². The van der Waals surface area contributed by atoms with Gasteiger partial charge in [-0.25, -0.2) is 19.6 Å². The van der Waals surface area contributed by atoms with Crippen molar-refractivity contribution in [3.8, 4) is 0 Å². The van der Waals surface area contributed by atoms with E-state index in [9.17, 15) is 9.59 Å². The van der Waals surface area contributed by atoms with E-state index in [-0.39, 0.29) is 11.9 Å². The molecule has 2 aromatic carbocycles. The minimum Gasteiger partial charge on any atom is -0.366 e.